The minimum atomic E-state index is -0.0299. The van der Waals surface area contributed by atoms with Crippen LogP contribution >= 0.6 is 0 Å². The highest BCUT2D eigenvalue weighted by Gasteiger charge is 2.43. The van der Waals surface area contributed by atoms with E-state index in [-0.39, 0.29) is 17.5 Å². The second kappa shape index (κ2) is 12.8. The number of rotatable bonds is 4. The van der Waals surface area contributed by atoms with E-state index in [1.54, 1.807) is 0 Å². The second-order valence-corrected chi connectivity index (χ2v) is 19.0. The van der Waals surface area contributed by atoms with Crippen LogP contribution in [0, 0.1) is 0 Å². The molecular weight excluding hydrogens is 741 g/mol. The van der Waals surface area contributed by atoms with Gasteiger partial charge in [0.2, 0.25) is 0 Å². The van der Waals surface area contributed by atoms with Crippen LogP contribution in [0.4, 0.5) is 34.1 Å². The zero-order valence-corrected chi connectivity index (χ0v) is 35.5. The Bertz CT molecular complexity index is 3320. The highest BCUT2D eigenvalue weighted by molar-refractivity contribution is 7.00. The third-order valence-electron chi connectivity index (χ3n) is 13.3. The highest BCUT2D eigenvalue weighted by atomic mass is 16.3. The summed E-state index contributed by atoms with van der Waals surface area (Å²) in [4.78, 5) is 4.97. The maximum atomic E-state index is 6.66. The quantitative estimate of drug-likeness (QED) is 0.166. The van der Waals surface area contributed by atoms with E-state index in [1.165, 1.54) is 66.4 Å². The maximum absolute atomic E-state index is 6.66. The molecule has 0 unspecified atom stereocenters. The topological polar surface area (TPSA) is 24.6 Å². The highest BCUT2D eigenvalue weighted by Crippen LogP contribution is 2.47. The Labute approximate surface area is 357 Å². The zero-order valence-electron chi connectivity index (χ0n) is 35.5. The number of nitrogens with zero attached hydrogens (tertiary/aromatic N) is 3. The summed E-state index contributed by atoms with van der Waals surface area (Å²) in [5.41, 5.74) is 18.8. The van der Waals surface area contributed by atoms with Gasteiger partial charge in [-0.2, -0.15) is 0 Å². The molecule has 0 amide bonds. The lowest BCUT2D eigenvalue weighted by Crippen LogP contribution is -2.60. The van der Waals surface area contributed by atoms with Gasteiger partial charge < -0.3 is 18.8 Å². The van der Waals surface area contributed by atoms with Crippen molar-refractivity contribution in [2.45, 2.75) is 52.4 Å². The summed E-state index contributed by atoms with van der Waals surface area (Å²) in [5, 5.41) is 4.79. The Balaban J connectivity index is 1.22. The fourth-order valence-corrected chi connectivity index (χ4v) is 10.3. The molecule has 0 radical (unpaired) electrons. The molecule has 0 N–H and O–H groups in total. The standard InChI is InChI=1S/C56H46BN3O/c1-55(2,3)35-23-27-38(28-24-35)58(39-29-25-36(26-30-39)56(4,5)6)40-31-49-53-50(32-40)60-47-21-12-10-17-41(47)43-19-14-20-45(54(43)60)57(53)46-34-52-44(42-18-11-13-22-51(42)61-52)33-48(46)59(49)37-15-8-7-9-16-37/h7-34H,1-6H3. The third kappa shape index (κ3) is 5.32. The molecule has 10 aromatic rings. The molecule has 12 rings (SSSR count). The van der Waals surface area contributed by atoms with Crippen molar-refractivity contribution in [3.63, 3.8) is 0 Å². The molecule has 0 bridgehead atoms. The molecule has 0 fully saturated rings. The van der Waals surface area contributed by atoms with E-state index in [1.807, 2.05) is 0 Å². The molecule has 0 saturated heterocycles. The van der Waals surface area contributed by atoms with Gasteiger partial charge in [0.05, 0.1) is 11.2 Å². The summed E-state index contributed by atoms with van der Waals surface area (Å²) in [6, 6.07) is 63.2. The van der Waals surface area contributed by atoms with Crippen molar-refractivity contribution in [2.75, 3.05) is 9.80 Å². The van der Waals surface area contributed by atoms with Crippen LogP contribution in [0.1, 0.15) is 52.7 Å². The Kier molecular flexibility index (Phi) is 7.52. The average molecular weight is 788 g/mol. The molecule has 61 heavy (non-hydrogen) atoms. The summed E-state index contributed by atoms with van der Waals surface area (Å²) in [7, 11) is 0. The summed E-state index contributed by atoms with van der Waals surface area (Å²) in [6.45, 7) is 13.7. The van der Waals surface area contributed by atoms with E-state index in [0.29, 0.717) is 0 Å². The molecule has 5 heteroatoms. The van der Waals surface area contributed by atoms with Gasteiger partial charge in [-0.15, -0.1) is 0 Å². The van der Waals surface area contributed by atoms with Crippen LogP contribution in [0.2, 0.25) is 0 Å². The third-order valence-corrected chi connectivity index (χ3v) is 13.3. The van der Waals surface area contributed by atoms with Crippen LogP contribution in [0.3, 0.4) is 0 Å². The Morgan fingerprint density at radius 1 is 0.459 bits per heavy atom. The first kappa shape index (κ1) is 35.9. The van der Waals surface area contributed by atoms with Crippen molar-refractivity contribution in [1.82, 2.24) is 4.57 Å². The average Bonchev–Trinajstić information content (AvgIpc) is 3.80. The Morgan fingerprint density at radius 3 is 1.75 bits per heavy atom. The SMILES string of the molecule is CC(C)(C)c1ccc(N(c2ccc(C(C)(C)C)cc2)c2cc3c4c(c2)-n2c5ccccc5c5cccc(c52)B4c2cc4oc5ccccc5c4cc2N3c2ccccc2)cc1. The molecule has 2 aromatic heterocycles. The number of aromatic nitrogens is 1. The molecule has 4 heterocycles. The van der Waals surface area contributed by atoms with Crippen LogP contribution < -0.4 is 26.2 Å². The molecule has 8 aromatic carbocycles. The number of benzene rings is 8. The van der Waals surface area contributed by atoms with E-state index >= 15 is 0 Å². The van der Waals surface area contributed by atoms with Crippen molar-refractivity contribution < 1.29 is 4.42 Å². The largest absolute Gasteiger partial charge is 0.456 e. The maximum Gasteiger partial charge on any atom is 0.252 e. The minimum absolute atomic E-state index is 0.0299. The van der Waals surface area contributed by atoms with E-state index < -0.39 is 0 Å². The van der Waals surface area contributed by atoms with Crippen LogP contribution in [-0.2, 0) is 10.8 Å². The lowest BCUT2D eigenvalue weighted by atomic mass is 9.33. The number of anilines is 6. The van der Waals surface area contributed by atoms with Gasteiger partial charge in [0.15, 0.2) is 0 Å². The van der Waals surface area contributed by atoms with Crippen molar-refractivity contribution in [2.24, 2.45) is 0 Å². The smallest absolute Gasteiger partial charge is 0.252 e. The fraction of sp³-hybridized carbons (Fsp3) is 0.143. The minimum Gasteiger partial charge on any atom is -0.456 e. The zero-order chi connectivity index (χ0) is 41.4. The van der Waals surface area contributed by atoms with Gasteiger partial charge in [0, 0.05) is 61.2 Å². The Hall–Kier alpha value is -6.98. The summed E-state index contributed by atoms with van der Waals surface area (Å²) in [5.74, 6) is 0. The molecule has 294 valence electrons. The van der Waals surface area contributed by atoms with E-state index in [2.05, 4.69) is 226 Å². The van der Waals surface area contributed by atoms with Crippen molar-refractivity contribution in [3.8, 4) is 5.69 Å². The first-order chi connectivity index (χ1) is 29.5. The van der Waals surface area contributed by atoms with Crippen molar-refractivity contribution >= 4 is 101 Å². The van der Waals surface area contributed by atoms with Crippen molar-refractivity contribution in [3.05, 3.63) is 181 Å². The normalized spacial score (nSPS) is 13.3. The first-order valence-corrected chi connectivity index (χ1v) is 21.5. The molecule has 2 aliphatic rings. The van der Waals surface area contributed by atoms with Crippen LogP contribution in [0.5, 0.6) is 0 Å². The van der Waals surface area contributed by atoms with Gasteiger partial charge in [-0.1, -0.05) is 139 Å². The van der Waals surface area contributed by atoms with Gasteiger partial charge >= 0.3 is 0 Å². The number of furan rings is 1. The predicted molar refractivity (Wildman–Crippen MR) is 259 cm³/mol. The molecule has 0 aliphatic carbocycles. The van der Waals surface area contributed by atoms with E-state index in [9.17, 15) is 0 Å². The second-order valence-electron chi connectivity index (χ2n) is 19.0. The number of hydrogen-bond acceptors (Lipinski definition) is 3. The van der Waals surface area contributed by atoms with Crippen LogP contribution in [-0.4, -0.2) is 11.3 Å². The molecule has 0 atom stereocenters. The van der Waals surface area contributed by atoms with E-state index in [0.717, 1.165) is 44.7 Å². The lowest BCUT2D eigenvalue weighted by Gasteiger charge is -2.41. The van der Waals surface area contributed by atoms with E-state index in [4.69, 9.17) is 4.42 Å². The predicted octanol–water partition coefficient (Wildman–Crippen LogP) is 13.4. The number of hydrogen-bond donors (Lipinski definition) is 0. The summed E-state index contributed by atoms with van der Waals surface area (Å²) >= 11 is 0. The molecule has 0 spiro atoms. The fourth-order valence-electron chi connectivity index (χ4n) is 10.3. The van der Waals surface area contributed by atoms with Gasteiger partial charge in [-0.3, -0.25) is 0 Å². The molecular formula is C56H46BN3O. The summed E-state index contributed by atoms with van der Waals surface area (Å²) in [6.07, 6.45) is 0. The molecule has 4 nitrogen and oxygen atoms in total. The lowest BCUT2D eigenvalue weighted by molar-refractivity contribution is 0.590. The summed E-state index contributed by atoms with van der Waals surface area (Å²) < 4.78 is 9.21. The first-order valence-electron chi connectivity index (χ1n) is 21.5. The van der Waals surface area contributed by atoms with Gasteiger partial charge in [0.1, 0.15) is 11.2 Å². The van der Waals surface area contributed by atoms with Crippen LogP contribution in [0.15, 0.2) is 174 Å². The van der Waals surface area contributed by atoms with Gasteiger partial charge in [-0.25, -0.2) is 0 Å². The Morgan fingerprint density at radius 2 is 1.07 bits per heavy atom. The van der Waals surface area contributed by atoms with Crippen LogP contribution in [0.25, 0.3) is 49.4 Å². The monoisotopic (exact) mass is 787 g/mol. The number of fused-ring (bicyclic) bond motifs is 10. The van der Waals surface area contributed by atoms with Crippen molar-refractivity contribution in [1.29, 1.82) is 0 Å². The molecule has 2 aliphatic heterocycles. The van der Waals surface area contributed by atoms with Gasteiger partial charge in [-0.05, 0) is 111 Å². The molecule has 0 saturated carbocycles. The van der Waals surface area contributed by atoms with Gasteiger partial charge in [0.25, 0.3) is 6.71 Å². The number of para-hydroxylation sites is 4.